The van der Waals surface area contributed by atoms with E-state index in [2.05, 4.69) is 12.2 Å². The summed E-state index contributed by atoms with van der Waals surface area (Å²) >= 11 is 0. The third-order valence-electron chi connectivity index (χ3n) is 7.74. The van der Waals surface area contributed by atoms with Gasteiger partial charge in [-0.15, -0.1) is 0 Å². The zero-order valence-corrected chi connectivity index (χ0v) is 23.8. The smallest absolute Gasteiger partial charge is 0.224 e. The summed E-state index contributed by atoms with van der Waals surface area (Å²) in [6.07, 6.45) is 11.3. The van der Waals surface area contributed by atoms with E-state index < -0.39 is 12.2 Å². The Hall–Kier alpha value is -3.09. The second-order valence-corrected chi connectivity index (χ2v) is 11.0. The van der Waals surface area contributed by atoms with Crippen LogP contribution in [0.1, 0.15) is 93.5 Å². The van der Waals surface area contributed by atoms with Crippen LogP contribution in [0.3, 0.4) is 0 Å². The standard InChI is InChI=1S/C34H45NO5/c1-2-3-7-17-28(36)20-21-30-29(32(38)24-33(30)39)18-10-4-5-11-19-34(40)35-27-16-12-15-26(23-27)31(37)22-25-13-8-6-9-14-25/h6,8-9,12-16,20-21,23,28-30,33,36,39H,2-5,7,10-11,17-19,22,24H2,1H3,(H,35,40)/b21-20+/t28-,29+,30+,33+/m0/s1. The number of amides is 1. The molecule has 3 N–H and O–H groups in total. The number of carbonyl (C=O) groups is 3. The Morgan fingerprint density at radius 2 is 1.77 bits per heavy atom. The number of hydrogen-bond donors (Lipinski definition) is 3. The number of rotatable bonds is 17. The van der Waals surface area contributed by atoms with Crippen molar-refractivity contribution >= 4 is 23.2 Å². The molecule has 4 atom stereocenters. The average Bonchev–Trinajstić information content (AvgIpc) is 3.21. The number of hydrogen-bond acceptors (Lipinski definition) is 5. The summed E-state index contributed by atoms with van der Waals surface area (Å²) in [7, 11) is 0. The van der Waals surface area contributed by atoms with E-state index in [1.807, 2.05) is 36.4 Å². The first kappa shape index (κ1) is 31.4. The molecule has 0 heterocycles. The maximum atomic E-state index is 12.6. The molecule has 0 bridgehead atoms. The van der Waals surface area contributed by atoms with Crippen molar-refractivity contribution in [2.45, 2.75) is 96.2 Å². The molecule has 2 aromatic rings. The maximum absolute atomic E-state index is 12.6. The van der Waals surface area contributed by atoms with E-state index in [1.54, 1.807) is 30.3 Å². The van der Waals surface area contributed by atoms with Crippen LogP contribution >= 0.6 is 0 Å². The molecule has 216 valence electrons. The van der Waals surface area contributed by atoms with Gasteiger partial charge in [0.15, 0.2) is 5.78 Å². The molecule has 1 amide bonds. The molecule has 1 aliphatic rings. The van der Waals surface area contributed by atoms with Gasteiger partial charge in [-0.3, -0.25) is 14.4 Å². The molecule has 0 aliphatic heterocycles. The molecule has 6 nitrogen and oxygen atoms in total. The minimum Gasteiger partial charge on any atom is -0.392 e. The van der Waals surface area contributed by atoms with Gasteiger partial charge in [-0.2, -0.15) is 0 Å². The number of aliphatic hydroxyl groups is 2. The van der Waals surface area contributed by atoms with E-state index in [9.17, 15) is 24.6 Å². The predicted octanol–water partition coefficient (Wildman–Crippen LogP) is 6.45. The van der Waals surface area contributed by atoms with E-state index in [4.69, 9.17) is 0 Å². The van der Waals surface area contributed by atoms with Crippen molar-refractivity contribution in [1.82, 2.24) is 0 Å². The van der Waals surface area contributed by atoms with E-state index in [0.29, 0.717) is 36.9 Å². The second kappa shape index (κ2) is 16.9. The van der Waals surface area contributed by atoms with Crippen molar-refractivity contribution in [1.29, 1.82) is 0 Å². The van der Waals surface area contributed by atoms with Gasteiger partial charge in [-0.05, 0) is 37.0 Å². The zero-order chi connectivity index (χ0) is 28.7. The molecule has 3 rings (SSSR count). The van der Waals surface area contributed by atoms with Gasteiger partial charge < -0.3 is 15.5 Å². The molecule has 2 aromatic carbocycles. The Morgan fingerprint density at radius 3 is 2.55 bits per heavy atom. The van der Waals surface area contributed by atoms with Crippen molar-refractivity contribution in [2.75, 3.05) is 5.32 Å². The first-order valence-corrected chi connectivity index (χ1v) is 14.9. The SMILES string of the molecule is CCCCC[C@H](O)/C=C/[C@H]1[C@H](O)CC(=O)[C@@H]1CCCCCCC(=O)Nc1cccc(C(=O)Cc2ccccc2)c1. The normalized spacial score (nSPS) is 19.7. The van der Waals surface area contributed by atoms with Crippen LogP contribution in [-0.2, 0) is 16.0 Å². The van der Waals surface area contributed by atoms with Gasteiger partial charge in [0.1, 0.15) is 5.78 Å². The Kier molecular flexibility index (Phi) is 13.3. The highest BCUT2D eigenvalue weighted by atomic mass is 16.3. The van der Waals surface area contributed by atoms with Crippen molar-refractivity contribution in [3.05, 3.63) is 77.9 Å². The molecule has 6 heteroatoms. The van der Waals surface area contributed by atoms with Crippen LogP contribution < -0.4 is 5.32 Å². The Morgan fingerprint density at radius 1 is 1.00 bits per heavy atom. The molecular weight excluding hydrogens is 502 g/mol. The highest BCUT2D eigenvalue weighted by Crippen LogP contribution is 2.34. The number of aliphatic hydroxyl groups excluding tert-OH is 2. The minimum absolute atomic E-state index is 0.0106. The second-order valence-electron chi connectivity index (χ2n) is 11.0. The molecule has 1 saturated carbocycles. The fraction of sp³-hybridized carbons (Fsp3) is 0.500. The summed E-state index contributed by atoms with van der Waals surface area (Å²) in [5.74, 6) is -0.393. The summed E-state index contributed by atoms with van der Waals surface area (Å²) in [4.78, 5) is 37.6. The molecular formula is C34H45NO5. The van der Waals surface area contributed by atoms with E-state index in [1.165, 1.54) is 0 Å². The minimum atomic E-state index is -0.674. The molecule has 0 unspecified atom stereocenters. The summed E-state index contributed by atoms with van der Waals surface area (Å²) in [6, 6.07) is 16.7. The highest BCUT2D eigenvalue weighted by Gasteiger charge is 2.39. The van der Waals surface area contributed by atoms with E-state index >= 15 is 0 Å². The van der Waals surface area contributed by atoms with Gasteiger partial charge in [-0.1, -0.05) is 100 Å². The van der Waals surface area contributed by atoms with Crippen LogP contribution in [-0.4, -0.2) is 39.9 Å². The Labute approximate surface area is 238 Å². The quantitative estimate of drug-likeness (QED) is 0.120. The van der Waals surface area contributed by atoms with Gasteiger partial charge in [0.2, 0.25) is 5.91 Å². The lowest BCUT2D eigenvalue weighted by Crippen LogP contribution is -2.19. The molecule has 40 heavy (non-hydrogen) atoms. The van der Waals surface area contributed by atoms with Crippen LogP contribution in [0.25, 0.3) is 0 Å². The topological polar surface area (TPSA) is 104 Å². The number of carbonyl (C=O) groups excluding carboxylic acids is 3. The Bertz CT molecular complexity index is 1110. The Balaban J connectivity index is 1.35. The molecule has 1 fully saturated rings. The van der Waals surface area contributed by atoms with Crippen LogP contribution in [0.15, 0.2) is 66.7 Å². The van der Waals surface area contributed by atoms with Gasteiger partial charge in [0.05, 0.1) is 12.2 Å². The van der Waals surface area contributed by atoms with E-state index in [-0.39, 0.29) is 35.7 Å². The predicted molar refractivity (Wildman–Crippen MR) is 159 cm³/mol. The molecule has 0 spiro atoms. The highest BCUT2D eigenvalue weighted by molar-refractivity contribution is 5.99. The van der Waals surface area contributed by atoms with Crippen molar-refractivity contribution in [3.63, 3.8) is 0 Å². The monoisotopic (exact) mass is 547 g/mol. The first-order valence-electron chi connectivity index (χ1n) is 14.9. The molecule has 1 aliphatic carbocycles. The zero-order valence-electron chi connectivity index (χ0n) is 23.8. The first-order chi connectivity index (χ1) is 19.4. The molecule has 0 aromatic heterocycles. The lowest BCUT2D eigenvalue weighted by Gasteiger charge is -2.18. The summed E-state index contributed by atoms with van der Waals surface area (Å²) in [6.45, 7) is 2.13. The van der Waals surface area contributed by atoms with Gasteiger partial charge >= 0.3 is 0 Å². The van der Waals surface area contributed by atoms with Crippen molar-refractivity contribution in [2.24, 2.45) is 11.8 Å². The summed E-state index contributed by atoms with van der Waals surface area (Å²) < 4.78 is 0. The third-order valence-corrected chi connectivity index (χ3v) is 7.74. The van der Waals surface area contributed by atoms with Crippen LogP contribution in [0, 0.1) is 11.8 Å². The average molecular weight is 548 g/mol. The fourth-order valence-corrected chi connectivity index (χ4v) is 5.43. The van der Waals surface area contributed by atoms with Gasteiger partial charge in [0, 0.05) is 42.3 Å². The number of ketones is 2. The van der Waals surface area contributed by atoms with Crippen molar-refractivity contribution in [3.8, 4) is 0 Å². The number of nitrogens with one attached hydrogen (secondary N) is 1. The number of anilines is 1. The summed E-state index contributed by atoms with van der Waals surface area (Å²) in [5, 5.41) is 23.5. The molecule has 0 radical (unpaired) electrons. The van der Waals surface area contributed by atoms with Crippen LogP contribution in [0.5, 0.6) is 0 Å². The lowest BCUT2D eigenvalue weighted by molar-refractivity contribution is -0.121. The lowest BCUT2D eigenvalue weighted by atomic mass is 9.88. The largest absolute Gasteiger partial charge is 0.392 e. The maximum Gasteiger partial charge on any atom is 0.224 e. The van der Waals surface area contributed by atoms with Crippen LogP contribution in [0.2, 0.25) is 0 Å². The van der Waals surface area contributed by atoms with Gasteiger partial charge in [0.25, 0.3) is 0 Å². The summed E-state index contributed by atoms with van der Waals surface area (Å²) in [5.41, 5.74) is 2.16. The molecule has 0 saturated heterocycles. The number of benzene rings is 2. The third kappa shape index (κ3) is 10.5. The van der Waals surface area contributed by atoms with E-state index in [0.717, 1.165) is 50.5 Å². The van der Waals surface area contributed by atoms with Crippen molar-refractivity contribution < 1.29 is 24.6 Å². The van der Waals surface area contributed by atoms with Gasteiger partial charge in [-0.25, -0.2) is 0 Å². The van der Waals surface area contributed by atoms with Crippen LogP contribution in [0.4, 0.5) is 5.69 Å². The fourth-order valence-electron chi connectivity index (χ4n) is 5.43. The number of Topliss-reactive ketones (excluding diaryl/α,β-unsaturated/α-hetero) is 2. The number of unbranched alkanes of at least 4 members (excludes halogenated alkanes) is 5.